The van der Waals surface area contributed by atoms with Crippen molar-refractivity contribution in [1.82, 2.24) is 20.4 Å². The number of anilines is 1. The Kier molecular flexibility index (Phi) is 5.88. The molecule has 1 aliphatic heterocycles. The predicted molar refractivity (Wildman–Crippen MR) is 100 cm³/mol. The van der Waals surface area contributed by atoms with Crippen molar-refractivity contribution >= 4 is 11.6 Å². The lowest BCUT2D eigenvalue weighted by Gasteiger charge is -2.32. The lowest BCUT2D eigenvalue weighted by atomic mass is 10.0. The zero-order chi connectivity index (χ0) is 18.5. The number of hydrogen-bond acceptors (Lipinski definition) is 6. The summed E-state index contributed by atoms with van der Waals surface area (Å²) in [6.07, 6.45) is 2.25. The molecule has 1 aliphatic rings. The van der Waals surface area contributed by atoms with Gasteiger partial charge < -0.3 is 15.2 Å². The summed E-state index contributed by atoms with van der Waals surface area (Å²) in [5.74, 6) is 0.751. The first kappa shape index (κ1) is 18.4. The van der Waals surface area contributed by atoms with Crippen LogP contribution in [0.1, 0.15) is 54.7 Å². The van der Waals surface area contributed by atoms with E-state index in [0.29, 0.717) is 24.3 Å². The molecule has 0 aliphatic carbocycles. The molecule has 1 aromatic carbocycles. The number of rotatable bonds is 6. The van der Waals surface area contributed by atoms with Gasteiger partial charge in [0.1, 0.15) is 0 Å². The zero-order valence-electron chi connectivity index (χ0n) is 15.7. The second kappa shape index (κ2) is 8.31. The number of carbonyl (C=O) groups is 1. The van der Waals surface area contributed by atoms with Crippen molar-refractivity contribution < 1.29 is 9.32 Å². The van der Waals surface area contributed by atoms with E-state index in [1.165, 1.54) is 5.56 Å². The van der Waals surface area contributed by atoms with Gasteiger partial charge in [-0.1, -0.05) is 31.1 Å². The van der Waals surface area contributed by atoms with E-state index < -0.39 is 0 Å². The van der Waals surface area contributed by atoms with Crippen LogP contribution in [0.15, 0.2) is 28.8 Å². The van der Waals surface area contributed by atoms with Crippen molar-refractivity contribution in [3.05, 3.63) is 41.5 Å². The largest absolute Gasteiger partial charge is 0.381 e. The summed E-state index contributed by atoms with van der Waals surface area (Å²) < 4.78 is 5.00. The average Bonchev–Trinajstić information content (AvgIpc) is 3.10. The number of hydrogen-bond donors (Lipinski definition) is 2. The fraction of sp³-hybridized carbons (Fsp3) is 0.526. The molecule has 0 bridgehead atoms. The van der Waals surface area contributed by atoms with Crippen LogP contribution in [0.25, 0.3) is 0 Å². The third-order valence-corrected chi connectivity index (χ3v) is 4.71. The Balaban J connectivity index is 1.55. The van der Waals surface area contributed by atoms with Crippen LogP contribution in [0.5, 0.6) is 0 Å². The third kappa shape index (κ3) is 4.60. The number of nitrogens with zero attached hydrogens (tertiary/aromatic N) is 3. The molecule has 1 fully saturated rings. The van der Waals surface area contributed by atoms with Crippen LogP contribution in [0.2, 0.25) is 0 Å². The fourth-order valence-electron chi connectivity index (χ4n) is 3.23. The standard InChI is InChI=1S/C19H27N5O2/c1-13(2)14-6-8-15(9-7-14)21-16-5-4-10-24(11-16)12-17-22-19(26-23-17)18(25)20-3/h6-9,13,16,21H,4-5,10-12H2,1-3H3,(H,20,25). The Morgan fingerprint density at radius 2 is 2.12 bits per heavy atom. The molecule has 1 saturated heterocycles. The maximum Gasteiger partial charge on any atom is 0.315 e. The van der Waals surface area contributed by atoms with Crippen molar-refractivity contribution in [3.8, 4) is 0 Å². The molecule has 2 aromatic rings. The first-order chi connectivity index (χ1) is 12.5. The number of likely N-dealkylation sites (tertiary alicyclic amines) is 1. The number of nitrogens with one attached hydrogen (secondary N) is 2. The van der Waals surface area contributed by atoms with Gasteiger partial charge in [0.05, 0.1) is 6.54 Å². The van der Waals surface area contributed by atoms with Crippen LogP contribution < -0.4 is 10.6 Å². The van der Waals surface area contributed by atoms with Gasteiger partial charge in [-0.3, -0.25) is 9.69 Å². The van der Waals surface area contributed by atoms with Gasteiger partial charge in [0, 0.05) is 25.3 Å². The van der Waals surface area contributed by atoms with E-state index in [2.05, 4.69) is 63.8 Å². The SMILES string of the molecule is CNC(=O)c1nc(CN2CCCC(Nc3ccc(C(C)C)cc3)C2)no1. The van der Waals surface area contributed by atoms with E-state index in [1.54, 1.807) is 7.05 Å². The first-order valence-corrected chi connectivity index (χ1v) is 9.18. The summed E-state index contributed by atoms with van der Waals surface area (Å²) in [7, 11) is 1.54. The summed E-state index contributed by atoms with van der Waals surface area (Å²) in [5, 5.41) is 10.0. The molecule has 3 rings (SSSR count). The van der Waals surface area contributed by atoms with Crippen molar-refractivity contribution in [2.45, 2.75) is 45.2 Å². The Labute approximate surface area is 154 Å². The van der Waals surface area contributed by atoms with Gasteiger partial charge in [0.25, 0.3) is 0 Å². The van der Waals surface area contributed by atoms with Gasteiger partial charge in [-0.25, -0.2) is 0 Å². The van der Waals surface area contributed by atoms with Crippen molar-refractivity contribution in [2.24, 2.45) is 0 Å². The molecule has 7 heteroatoms. The average molecular weight is 357 g/mol. The molecule has 2 heterocycles. The van der Waals surface area contributed by atoms with E-state index >= 15 is 0 Å². The van der Waals surface area contributed by atoms with Gasteiger partial charge in [0.15, 0.2) is 5.82 Å². The summed E-state index contributed by atoms with van der Waals surface area (Å²) in [6, 6.07) is 9.08. The molecule has 0 radical (unpaired) electrons. The van der Waals surface area contributed by atoms with E-state index in [4.69, 9.17) is 4.52 Å². The molecular weight excluding hydrogens is 330 g/mol. The minimum Gasteiger partial charge on any atom is -0.381 e. The van der Waals surface area contributed by atoms with Crippen LogP contribution >= 0.6 is 0 Å². The molecule has 0 saturated carbocycles. The van der Waals surface area contributed by atoms with E-state index in [1.807, 2.05) is 0 Å². The summed E-state index contributed by atoms with van der Waals surface area (Å²) >= 11 is 0. The van der Waals surface area contributed by atoms with Gasteiger partial charge in [-0.2, -0.15) is 4.98 Å². The Bertz CT molecular complexity index is 726. The molecule has 0 spiro atoms. The number of carbonyl (C=O) groups excluding carboxylic acids is 1. The van der Waals surface area contributed by atoms with Crippen LogP contribution in [-0.2, 0) is 6.54 Å². The maximum atomic E-state index is 11.5. The molecular formula is C19H27N5O2. The van der Waals surface area contributed by atoms with Crippen LogP contribution in [0.4, 0.5) is 5.69 Å². The highest BCUT2D eigenvalue weighted by Gasteiger charge is 2.22. The maximum absolute atomic E-state index is 11.5. The Hall–Kier alpha value is -2.41. The smallest absolute Gasteiger partial charge is 0.315 e. The second-order valence-corrected chi connectivity index (χ2v) is 7.09. The fourth-order valence-corrected chi connectivity index (χ4v) is 3.23. The van der Waals surface area contributed by atoms with E-state index in [9.17, 15) is 4.79 Å². The lowest BCUT2D eigenvalue weighted by molar-refractivity contribution is 0.0919. The molecule has 1 unspecified atom stereocenters. The molecule has 140 valence electrons. The minimum atomic E-state index is -0.355. The van der Waals surface area contributed by atoms with Crippen molar-refractivity contribution in [2.75, 3.05) is 25.5 Å². The van der Waals surface area contributed by atoms with E-state index in [-0.39, 0.29) is 11.8 Å². The molecule has 26 heavy (non-hydrogen) atoms. The summed E-state index contributed by atoms with van der Waals surface area (Å²) in [4.78, 5) is 18.0. The topological polar surface area (TPSA) is 83.3 Å². The van der Waals surface area contributed by atoms with Gasteiger partial charge >= 0.3 is 11.8 Å². The van der Waals surface area contributed by atoms with Crippen LogP contribution in [0, 0.1) is 0 Å². The molecule has 1 amide bonds. The number of amides is 1. The highest BCUT2D eigenvalue weighted by Crippen LogP contribution is 2.20. The monoisotopic (exact) mass is 357 g/mol. The molecule has 1 aromatic heterocycles. The number of benzene rings is 1. The Morgan fingerprint density at radius 1 is 1.35 bits per heavy atom. The Morgan fingerprint density at radius 3 is 2.81 bits per heavy atom. The molecule has 1 atom stereocenters. The van der Waals surface area contributed by atoms with Crippen molar-refractivity contribution in [1.29, 1.82) is 0 Å². The van der Waals surface area contributed by atoms with Gasteiger partial charge in [0.2, 0.25) is 0 Å². The second-order valence-electron chi connectivity index (χ2n) is 7.09. The van der Waals surface area contributed by atoms with E-state index in [0.717, 1.165) is 31.6 Å². The van der Waals surface area contributed by atoms with Crippen LogP contribution in [0.3, 0.4) is 0 Å². The quantitative estimate of drug-likeness (QED) is 0.827. The predicted octanol–water partition coefficient (Wildman–Crippen LogP) is 2.63. The summed E-state index contributed by atoms with van der Waals surface area (Å²) in [5.41, 5.74) is 2.51. The third-order valence-electron chi connectivity index (χ3n) is 4.71. The molecule has 7 nitrogen and oxygen atoms in total. The summed E-state index contributed by atoms with van der Waals surface area (Å²) in [6.45, 7) is 6.90. The minimum absolute atomic E-state index is 0.0134. The van der Waals surface area contributed by atoms with Gasteiger partial charge in [-0.05, 0) is 43.0 Å². The molecule has 2 N–H and O–H groups in total. The van der Waals surface area contributed by atoms with Crippen LogP contribution in [-0.4, -0.2) is 47.1 Å². The number of aromatic nitrogens is 2. The first-order valence-electron chi connectivity index (χ1n) is 9.18. The van der Waals surface area contributed by atoms with Crippen molar-refractivity contribution in [3.63, 3.8) is 0 Å². The number of piperidine rings is 1. The van der Waals surface area contributed by atoms with Gasteiger partial charge in [-0.15, -0.1) is 0 Å². The lowest BCUT2D eigenvalue weighted by Crippen LogP contribution is -2.41. The highest BCUT2D eigenvalue weighted by atomic mass is 16.5. The zero-order valence-corrected chi connectivity index (χ0v) is 15.7. The normalized spacial score (nSPS) is 18.1. The highest BCUT2D eigenvalue weighted by molar-refractivity contribution is 5.89.